The molecule has 0 radical (unpaired) electrons. The Morgan fingerprint density at radius 1 is 1.22 bits per heavy atom. The van der Waals surface area contributed by atoms with Gasteiger partial charge in [-0.05, 0) is 18.1 Å². The van der Waals surface area contributed by atoms with Gasteiger partial charge in [-0.15, -0.1) is 0 Å². The summed E-state index contributed by atoms with van der Waals surface area (Å²) in [5.41, 5.74) is 1.89. The van der Waals surface area contributed by atoms with Crippen LogP contribution in [0.2, 0.25) is 0 Å². The number of benzene rings is 1. The van der Waals surface area contributed by atoms with E-state index in [1.165, 1.54) is 0 Å². The molecule has 0 spiro atoms. The van der Waals surface area contributed by atoms with Gasteiger partial charge < -0.3 is 24.8 Å². The zero-order valence-corrected chi connectivity index (χ0v) is 16.0. The third-order valence-corrected chi connectivity index (χ3v) is 5.23. The minimum absolute atomic E-state index is 0.0266. The Balaban J connectivity index is 1.67. The number of rotatable bonds is 5. The molecule has 1 aromatic rings. The Bertz CT molecular complexity index is 738. The lowest BCUT2D eigenvalue weighted by atomic mass is 9.94. The molecule has 2 atom stereocenters. The van der Waals surface area contributed by atoms with E-state index in [1.54, 1.807) is 28.8 Å². The zero-order chi connectivity index (χ0) is 19.6. The number of amides is 4. The molecule has 2 fully saturated rings. The number of nitrogens with zero attached hydrogens (tertiary/aromatic N) is 3. The van der Waals surface area contributed by atoms with E-state index in [4.69, 9.17) is 4.74 Å². The first-order chi connectivity index (χ1) is 12.9. The van der Waals surface area contributed by atoms with Crippen LogP contribution in [-0.2, 0) is 14.3 Å². The molecule has 0 aromatic heterocycles. The summed E-state index contributed by atoms with van der Waals surface area (Å²) < 4.78 is 5.61. The van der Waals surface area contributed by atoms with Gasteiger partial charge >= 0.3 is 6.03 Å². The number of hydrogen-bond acceptors (Lipinski definition) is 4. The van der Waals surface area contributed by atoms with Crippen LogP contribution in [0, 0.1) is 6.92 Å². The van der Waals surface area contributed by atoms with E-state index >= 15 is 0 Å². The molecule has 0 unspecified atom stereocenters. The van der Waals surface area contributed by atoms with Gasteiger partial charge in [0, 0.05) is 40.3 Å². The van der Waals surface area contributed by atoms with Crippen LogP contribution in [0.25, 0.3) is 0 Å². The molecule has 2 aliphatic rings. The fourth-order valence-electron chi connectivity index (χ4n) is 3.55. The second-order valence-electron chi connectivity index (χ2n) is 7.02. The molecule has 1 N–H and O–H groups in total. The van der Waals surface area contributed by atoms with Gasteiger partial charge in [0.25, 0.3) is 5.91 Å². The Kier molecular flexibility index (Phi) is 5.65. The highest BCUT2D eigenvalue weighted by Gasteiger charge is 2.40. The monoisotopic (exact) mass is 374 g/mol. The lowest BCUT2D eigenvalue weighted by Gasteiger charge is -2.39. The van der Waals surface area contributed by atoms with Crippen molar-refractivity contribution in [1.82, 2.24) is 20.0 Å². The number of morpholine rings is 1. The van der Waals surface area contributed by atoms with Gasteiger partial charge in [0.2, 0.25) is 5.91 Å². The quantitative estimate of drug-likeness (QED) is 0.808. The van der Waals surface area contributed by atoms with Crippen molar-refractivity contribution in [3.05, 3.63) is 35.4 Å². The van der Waals surface area contributed by atoms with Gasteiger partial charge in [-0.2, -0.15) is 0 Å². The van der Waals surface area contributed by atoms with Crippen molar-refractivity contribution in [2.45, 2.75) is 19.1 Å². The van der Waals surface area contributed by atoms with Gasteiger partial charge in [0.05, 0.1) is 6.04 Å². The summed E-state index contributed by atoms with van der Waals surface area (Å²) in [5, 5.41) is 2.85. The summed E-state index contributed by atoms with van der Waals surface area (Å²) in [5.74, 6) is -0.430. The minimum Gasteiger partial charge on any atom is -0.356 e. The standard InChI is InChI=1S/C19H26N4O4/c1-13-6-4-5-7-14(13)16-17(27-12-15(24)22(16)3)18(25)20-8-9-23-11-10-21(2)19(23)26/h4-7,16-17H,8-12H2,1-3H3,(H,20,25)/t16-,17+/m1/s1. The highest BCUT2D eigenvalue weighted by atomic mass is 16.5. The predicted octanol–water partition coefficient (Wildman–Crippen LogP) is 0.377. The van der Waals surface area contributed by atoms with Gasteiger partial charge in [-0.3, -0.25) is 9.59 Å². The summed E-state index contributed by atoms with van der Waals surface area (Å²) in [6, 6.07) is 7.17. The van der Waals surface area contributed by atoms with E-state index in [-0.39, 0.29) is 24.5 Å². The Morgan fingerprint density at radius 3 is 2.63 bits per heavy atom. The van der Waals surface area contributed by atoms with E-state index in [1.807, 2.05) is 31.2 Å². The molecule has 3 rings (SSSR count). The zero-order valence-electron chi connectivity index (χ0n) is 16.0. The lowest BCUT2D eigenvalue weighted by Crippen LogP contribution is -2.53. The second kappa shape index (κ2) is 7.96. The van der Waals surface area contributed by atoms with Crippen molar-refractivity contribution in [3.63, 3.8) is 0 Å². The number of ether oxygens (including phenoxy) is 1. The average Bonchev–Trinajstić information content (AvgIpc) is 2.96. The fourth-order valence-corrected chi connectivity index (χ4v) is 3.55. The van der Waals surface area contributed by atoms with Crippen molar-refractivity contribution in [3.8, 4) is 0 Å². The molecule has 2 saturated heterocycles. The summed E-state index contributed by atoms with van der Waals surface area (Å²) in [6.45, 7) is 3.98. The molecule has 8 heteroatoms. The van der Waals surface area contributed by atoms with Crippen LogP contribution in [0.3, 0.4) is 0 Å². The van der Waals surface area contributed by atoms with Crippen molar-refractivity contribution in [1.29, 1.82) is 0 Å². The maximum Gasteiger partial charge on any atom is 0.319 e. The number of carbonyl (C=O) groups excluding carboxylic acids is 3. The molecule has 1 aromatic carbocycles. The normalized spacial score (nSPS) is 23.1. The first kappa shape index (κ1) is 19.2. The van der Waals surface area contributed by atoms with Crippen LogP contribution in [0.5, 0.6) is 0 Å². The molecule has 8 nitrogen and oxygen atoms in total. The van der Waals surface area contributed by atoms with E-state index in [0.29, 0.717) is 26.2 Å². The molecular formula is C19H26N4O4. The molecule has 2 heterocycles. The van der Waals surface area contributed by atoms with Crippen LogP contribution < -0.4 is 5.32 Å². The third-order valence-electron chi connectivity index (χ3n) is 5.23. The van der Waals surface area contributed by atoms with Crippen LogP contribution in [-0.4, -0.2) is 85.5 Å². The van der Waals surface area contributed by atoms with Crippen molar-refractivity contribution in [2.24, 2.45) is 0 Å². The smallest absolute Gasteiger partial charge is 0.319 e. The maximum atomic E-state index is 12.8. The first-order valence-electron chi connectivity index (χ1n) is 9.10. The summed E-state index contributed by atoms with van der Waals surface area (Å²) >= 11 is 0. The molecule has 4 amide bonds. The second-order valence-corrected chi connectivity index (χ2v) is 7.02. The Labute approximate surface area is 159 Å². The Hall–Kier alpha value is -2.61. The van der Waals surface area contributed by atoms with Gasteiger partial charge in [-0.1, -0.05) is 24.3 Å². The van der Waals surface area contributed by atoms with E-state index in [2.05, 4.69) is 5.32 Å². The highest BCUT2D eigenvalue weighted by Crippen LogP contribution is 2.31. The minimum atomic E-state index is -0.786. The van der Waals surface area contributed by atoms with E-state index in [9.17, 15) is 14.4 Å². The van der Waals surface area contributed by atoms with Crippen LogP contribution >= 0.6 is 0 Å². The SMILES string of the molecule is Cc1ccccc1[C@@H]1[C@@H](C(=O)NCCN2CCN(C)C2=O)OCC(=O)N1C. The average molecular weight is 374 g/mol. The first-order valence-corrected chi connectivity index (χ1v) is 9.10. The molecular weight excluding hydrogens is 348 g/mol. The number of carbonyl (C=O) groups is 3. The lowest BCUT2D eigenvalue weighted by molar-refractivity contribution is -0.162. The van der Waals surface area contributed by atoms with Gasteiger partial charge in [-0.25, -0.2) is 4.79 Å². The van der Waals surface area contributed by atoms with Crippen molar-refractivity contribution < 1.29 is 19.1 Å². The van der Waals surface area contributed by atoms with Crippen molar-refractivity contribution in [2.75, 3.05) is 46.9 Å². The molecule has 146 valence electrons. The van der Waals surface area contributed by atoms with Gasteiger partial charge in [0.1, 0.15) is 6.61 Å². The fraction of sp³-hybridized carbons (Fsp3) is 0.526. The summed E-state index contributed by atoms with van der Waals surface area (Å²) in [4.78, 5) is 41.8. The number of nitrogens with one attached hydrogen (secondary N) is 1. The van der Waals surface area contributed by atoms with Crippen LogP contribution in [0.15, 0.2) is 24.3 Å². The molecule has 2 aliphatic heterocycles. The maximum absolute atomic E-state index is 12.8. The van der Waals surface area contributed by atoms with E-state index < -0.39 is 12.1 Å². The topological polar surface area (TPSA) is 82.2 Å². The van der Waals surface area contributed by atoms with Gasteiger partial charge in [0.15, 0.2) is 6.10 Å². The molecule has 27 heavy (non-hydrogen) atoms. The summed E-state index contributed by atoms with van der Waals surface area (Å²) in [6.07, 6.45) is -0.786. The molecule has 0 aliphatic carbocycles. The number of aryl methyl sites for hydroxylation is 1. The Morgan fingerprint density at radius 2 is 1.96 bits per heavy atom. The highest BCUT2D eigenvalue weighted by molar-refractivity contribution is 5.86. The largest absolute Gasteiger partial charge is 0.356 e. The number of hydrogen-bond donors (Lipinski definition) is 1. The predicted molar refractivity (Wildman–Crippen MR) is 99.0 cm³/mol. The van der Waals surface area contributed by atoms with Crippen LogP contribution in [0.4, 0.5) is 4.79 Å². The van der Waals surface area contributed by atoms with Crippen LogP contribution in [0.1, 0.15) is 17.2 Å². The molecule has 0 saturated carbocycles. The number of urea groups is 1. The van der Waals surface area contributed by atoms with E-state index in [0.717, 1.165) is 11.1 Å². The third kappa shape index (κ3) is 3.90. The van der Waals surface area contributed by atoms with Crippen molar-refractivity contribution >= 4 is 17.8 Å². The number of likely N-dealkylation sites (N-methyl/N-ethyl adjacent to an activating group) is 2. The molecule has 0 bridgehead atoms. The summed E-state index contributed by atoms with van der Waals surface area (Å²) in [7, 11) is 3.46.